The van der Waals surface area contributed by atoms with Crippen molar-refractivity contribution in [3.05, 3.63) is 17.2 Å². The molecule has 0 radical (unpaired) electrons. The van der Waals surface area contributed by atoms with Crippen LogP contribution in [0.3, 0.4) is 0 Å². The molecule has 1 amide bonds. The average Bonchev–Trinajstić information content (AvgIpc) is 2.87. The number of hydrogen-bond acceptors (Lipinski definition) is 2. The molecule has 1 heterocycles. The smallest absolute Gasteiger partial charge is 0.226 e. The summed E-state index contributed by atoms with van der Waals surface area (Å²) < 4.78 is 0. The monoisotopic (exact) mass is 303 g/mol. The van der Waals surface area contributed by atoms with Gasteiger partial charge in [0.15, 0.2) is 0 Å². The third-order valence-electron chi connectivity index (χ3n) is 5.29. The van der Waals surface area contributed by atoms with Crippen molar-refractivity contribution in [2.75, 3.05) is 0 Å². The number of nitrogens with one attached hydrogen (secondary N) is 1. The van der Waals surface area contributed by atoms with Gasteiger partial charge >= 0.3 is 0 Å². The Morgan fingerprint density at radius 3 is 2.64 bits per heavy atom. The third-order valence-corrected chi connectivity index (χ3v) is 5.29. The Labute approximate surface area is 133 Å². The SMILES string of the molecule is Cc1nc2c([nH]1)CC(C(=O)N(C(C)C)C1CCCCC1)CC2. The van der Waals surface area contributed by atoms with Gasteiger partial charge in [0.05, 0.1) is 5.69 Å². The summed E-state index contributed by atoms with van der Waals surface area (Å²) in [6.45, 7) is 6.33. The first-order valence-corrected chi connectivity index (χ1v) is 8.92. The lowest BCUT2D eigenvalue weighted by molar-refractivity contribution is -0.141. The number of H-pyrrole nitrogens is 1. The molecule has 1 atom stereocenters. The van der Waals surface area contributed by atoms with Crippen LogP contribution in [0, 0.1) is 12.8 Å². The Hall–Kier alpha value is -1.32. The largest absolute Gasteiger partial charge is 0.346 e. The lowest BCUT2D eigenvalue weighted by atomic mass is 9.86. The second-order valence-electron chi connectivity index (χ2n) is 7.32. The standard InChI is InChI=1S/C18H29N3O/c1-12(2)21(15-7-5-4-6-8-15)18(22)14-9-10-16-17(11-14)20-13(3)19-16/h12,14-15H,4-11H2,1-3H3,(H,19,20). The molecule has 4 heteroatoms. The quantitative estimate of drug-likeness (QED) is 0.930. The maximum absolute atomic E-state index is 13.1. The number of carbonyl (C=O) groups excluding carboxylic acids is 1. The topological polar surface area (TPSA) is 49.0 Å². The van der Waals surface area contributed by atoms with E-state index in [0.717, 1.165) is 25.1 Å². The molecule has 0 spiro atoms. The first-order valence-electron chi connectivity index (χ1n) is 8.92. The fraction of sp³-hybridized carbons (Fsp3) is 0.778. The molecule has 3 rings (SSSR count). The van der Waals surface area contributed by atoms with Gasteiger partial charge in [0.25, 0.3) is 0 Å². The first kappa shape index (κ1) is 15.6. The fourth-order valence-electron chi connectivity index (χ4n) is 4.26. The van der Waals surface area contributed by atoms with Gasteiger partial charge in [0.2, 0.25) is 5.91 Å². The summed E-state index contributed by atoms with van der Waals surface area (Å²) in [6, 6.07) is 0.770. The summed E-state index contributed by atoms with van der Waals surface area (Å²) in [5.74, 6) is 1.49. The molecule has 2 aliphatic carbocycles. The minimum absolute atomic E-state index is 0.136. The van der Waals surface area contributed by atoms with Gasteiger partial charge in [-0.25, -0.2) is 4.98 Å². The molecule has 1 aromatic rings. The van der Waals surface area contributed by atoms with Crippen molar-refractivity contribution in [2.45, 2.75) is 84.2 Å². The molecule has 1 unspecified atom stereocenters. The van der Waals surface area contributed by atoms with Crippen molar-refractivity contribution in [3.8, 4) is 0 Å². The summed E-state index contributed by atoms with van der Waals surface area (Å²) >= 11 is 0. The average molecular weight is 303 g/mol. The van der Waals surface area contributed by atoms with E-state index >= 15 is 0 Å². The van der Waals surface area contributed by atoms with Crippen LogP contribution in [0.1, 0.15) is 69.6 Å². The fourth-order valence-corrected chi connectivity index (χ4v) is 4.26. The molecule has 1 saturated carbocycles. The molecule has 0 aliphatic heterocycles. The van der Waals surface area contributed by atoms with Gasteiger partial charge in [0, 0.05) is 30.1 Å². The zero-order valence-corrected chi connectivity index (χ0v) is 14.2. The molecule has 4 nitrogen and oxygen atoms in total. The van der Waals surface area contributed by atoms with Gasteiger partial charge < -0.3 is 9.88 Å². The molecular weight excluding hydrogens is 274 g/mol. The Balaban J connectivity index is 1.73. The Morgan fingerprint density at radius 1 is 1.23 bits per heavy atom. The summed E-state index contributed by atoms with van der Waals surface area (Å²) in [4.78, 5) is 23.2. The number of fused-ring (bicyclic) bond motifs is 1. The van der Waals surface area contributed by atoms with E-state index in [1.165, 1.54) is 43.5 Å². The number of hydrogen-bond donors (Lipinski definition) is 1. The highest BCUT2D eigenvalue weighted by Gasteiger charge is 2.34. The Bertz CT molecular complexity index is 528. The van der Waals surface area contributed by atoms with Crippen LogP contribution in [-0.2, 0) is 17.6 Å². The maximum Gasteiger partial charge on any atom is 0.226 e. The molecular formula is C18H29N3O. The molecule has 22 heavy (non-hydrogen) atoms. The molecule has 0 saturated heterocycles. The molecule has 1 fully saturated rings. The number of nitrogens with zero attached hydrogens (tertiary/aromatic N) is 2. The van der Waals surface area contributed by atoms with Crippen molar-refractivity contribution >= 4 is 5.91 Å². The van der Waals surface area contributed by atoms with Crippen LogP contribution in [0.5, 0.6) is 0 Å². The normalized spacial score (nSPS) is 22.6. The molecule has 1 N–H and O–H groups in total. The Morgan fingerprint density at radius 2 is 1.95 bits per heavy atom. The molecule has 2 aliphatic rings. The maximum atomic E-state index is 13.1. The predicted octanol–water partition coefficient (Wildman–Crippen LogP) is 3.39. The van der Waals surface area contributed by atoms with Crippen molar-refractivity contribution in [1.29, 1.82) is 0 Å². The predicted molar refractivity (Wildman–Crippen MR) is 87.7 cm³/mol. The highest BCUT2D eigenvalue weighted by atomic mass is 16.2. The van der Waals surface area contributed by atoms with E-state index in [4.69, 9.17) is 0 Å². The van der Waals surface area contributed by atoms with Crippen LogP contribution in [0.4, 0.5) is 0 Å². The van der Waals surface area contributed by atoms with E-state index < -0.39 is 0 Å². The molecule has 0 bridgehead atoms. The molecule has 1 aromatic heterocycles. The van der Waals surface area contributed by atoms with Crippen molar-refractivity contribution in [1.82, 2.24) is 14.9 Å². The highest BCUT2D eigenvalue weighted by Crippen LogP contribution is 2.30. The lowest BCUT2D eigenvalue weighted by Crippen LogP contribution is -2.49. The van der Waals surface area contributed by atoms with Gasteiger partial charge in [0.1, 0.15) is 5.82 Å². The van der Waals surface area contributed by atoms with Crippen molar-refractivity contribution in [2.24, 2.45) is 5.92 Å². The van der Waals surface area contributed by atoms with E-state index in [1.807, 2.05) is 6.92 Å². The number of rotatable bonds is 3. The van der Waals surface area contributed by atoms with Crippen LogP contribution in [0.15, 0.2) is 0 Å². The van der Waals surface area contributed by atoms with Gasteiger partial charge in [-0.1, -0.05) is 19.3 Å². The van der Waals surface area contributed by atoms with Gasteiger partial charge in [-0.2, -0.15) is 0 Å². The zero-order valence-electron chi connectivity index (χ0n) is 14.2. The van der Waals surface area contributed by atoms with Crippen LogP contribution >= 0.6 is 0 Å². The summed E-state index contributed by atoms with van der Waals surface area (Å²) in [5, 5.41) is 0. The van der Waals surface area contributed by atoms with Gasteiger partial charge in [-0.05, 0) is 46.5 Å². The van der Waals surface area contributed by atoms with Gasteiger partial charge in [-0.15, -0.1) is 0 Å². The van der Waals surface area contributed by atoms with Crippen LogP contribution in [0.25, 0.3) is 0 Å². The third kappa shape index (κ3) is 3.06. The first-order chi connectivity index (χ1) is 10.6. The number of aryl methyl sites for hydroxylation is 2. The zero-order chi connectivity index (χ0) is 15.7. The number of imidazole rings is 1. The second-order valence-corrected chi connectivity index (χ2v) is 7.32. The van der Waals surface area contributed by atoms with E-state index in [9.17, 15) is 4.79 Å². The number of aromatic nitrogens is 2. The van der Waals surface area contributed by atoms with E-state index in [1.54, 1.807) is 0 Å². The van der Waals surface area contributed by atoms with E-state index in [2.05, 4.69) is 28.7 Å². The second kappa shape index (κ2) is 6.43. The number of carbonyl (C=O) groups is 1. The van der Waals surface area contributed by atoms with Crippen LogP contribution in [0.2, 0.25) is 0 Å². The number of aromatic amines is 1. The summed E-state index contributed by atoms with van der Waals surface area (Å²) in [6.07, 6.45) is 8.97. The molecule has 122 valence electrons. The highest BCUT2D eigenvalue weighted by molar-refractivity contribution is 5.80. The van der Waals surface area contributed by atoms with Crippen LogP contribution in [-0.4, -0.2) is 32.9 Å². The Kier molecular flexibility index (Phi) is 4.55. The minimum atomic E-state index is 0.136. The summed E-state index contributed by atoms with van der Waals surface area (Å²) in [5.41, 5.74) is 2.37. The van der Waals surface area contributed by atoms with Crippen molar-refractivity contribution in [3.63, 3.8) is 0 Å². The summed E-state index contributed by atoms with van der Waals surface area (Å²) in [7, 11) is 0. The molecule has 0 aromatic carbocycles. The van der Waals surface area contributed by atoms with Crippen molar-refractivity contribution < 1.29 is 4.79 Å². The number of amides is 1. The minimum Gasteiger partial charge on any atom is -0.346 e. The van der Waals surface area contributed by atoms with Crippen LogP contribution < -0.4 is 0 Å². The van der Waals surface area contributed by atoms with E-state index in [0.29, 0.717) is 18.0 Å². The lowest BCUT2D eigenvalue weighted by Gasteiger charge is -2.40. The van der Waals surface area contributed by atoms with E-state index in [-0.39, 0.29) is 5.92 Å². The van der Waals surface area contributed by atoms with Gasteiger partial charge in [-0.3, -0.25) is 4.79 Å².